The first-order valence-electron chi connectivity index (χ1n) is 5.64. The number of likely N-dealkylation sites (N-methyl/N-ethyl adjacent to an activating group) is 1. The second-order valence-electron chi connectivity index (χ2n) is 4.16. The van der Waals surface area contributed by atoms with Crippen LogP contribution in [0.4, 0.5) is 4.39 Å². The lowest BCUT2D eigenvalue weighted by molar-refractivity contribution is -0.142. The maximum absolute atomic E-state index is 13.6. The number of carbonyl (C=O) groups excluding carboxylic acids is 1. The normalized spacial score (nSPS) is 12.0. The molecule has 0 aliphatic rings. The molecule has 5 heteroatoms. The molecule has 0 bridgehead atoms. The topological polar surface area (TPSA) is 57.6 Å². The maximum Gasteiger partial charge on any atom is 0.326 e. The number of amides is 1. The Bertz CT molecular complexity index is 473. The van der Waals surface area contributed by atoms with Gasteiger partial charge in [0.2, 0.25) is 0 Å². The second-order valence-corrected chi connectivity index (χ2v) is 4.16. The highest BCUT2D eigenvalue weighted by molar-refractivity contribution is 5.96. The molecule has 0 aliphatic carbocycles. The van der Waals surface area contributed by atoms with Gasteiger partial charge < -0.3 is 10.0 Å². The fourth-order valence-electron chi connectivity index (χ4n) is 1.75. The number of nitrogens with zero attached hydrogens (tertiary/aromatic N) is 1. The van der Waals surface area contributed by atoms with Gasteiger partial charge in [-0.1, -0.05) is 18.6 Å². The van der Waals surface area contributed by atoms with Crippen LogP contribution in [0, 0.1) is 12.7 Å². The van der Waals surface area contributed by atoms with Crippen LogP contribution < -0.4 is 0 Å². The molecular formula is C13H16FNO3. The van der Waals surface area contributed by atoms with Crippen LogP contribution in [0.15, 0.2) is 18.2 Å². The van der Waals surface area contributed by atoms with Crippen LogP contribution >= 0.6 is 0 Å². The van der Waals surface area contributed by atoms with Gasteiger partial charge in [0.05, 0.1) is 5.56 Å². The first-order chi connectivity index (χ1) is 8.38. The van der Waals surface area contributed by atoms with Crippen molar-refractivity contribution in [2.45, 2.75) is 26.3 Å². The number of aliphatic carboxylic acids is 1. The zero-order valence-electron chi connectivity index (χ0n) is 10.6. The van der Waals surface area contributed by atoms with Gasteiger partial charge in [-0.15, -0.1) is 0 Å². The zero-order valence-corrected chi connectivity index (χ0v) is 10.6. The summed E-state index contributed by atoms with van der Waals surface area (Å²) in [5.74, 6) is -2.36. The third-order valence-corrected chi connectivity index (χ3v) is 2.81. The van der Waals surface area contributed by atoms with E-state index in [4.69, 9.17) is 5.11 Å². The van der Waals surface area contributed by atoms with Crippen molar-refractivity contribution >= 4 is 11.9 Å². The molecule has 1 N–H and O–H groups in total. The van der Waals surface area contributed by atoms with E-state index in [9.17, 15) is 14.0 Å². The quantitative estimate of drug-likeness (QED) is 0.893. The monoisotopic (exact) mass is 253 g/mol. The van der Waals surface area contributed by atoms with E-state index < -0.39 is 23.7 Å². The minimum absolute atomic E-state index is 0.0998. The first-order valence-corrected chi connectivity index (χ1v) is 5.64. The molecule has 4 nitrogen and oxygen atoms in total. The first kappa shape index (κ1) is 14.2. The fourth-order valence-corrected chi connectivity index (χ4v) is 1.75. The number of carboxylic acid groups (broad SMARTS) is 1. The molecule has 0 fully saturated rings. The number of rotatable bonds is 4. The van der Waals surface area contributed by atoms with Crippen molar-refractivity contribution in [2.75, 3.05) is 7.05 Å². The van der Waals surface area contributed by atoms with Gasteiger partial charge in [-0.2, -0.15) is 0 Å². The van der Waals surface area contributed by atoms with E-state index in [0.29, 0.717) is 0 Å². The summed E-state index contributed by atoms with van der Waals surface area (Å²) in [6.07, 6.45) is 0.269. The van der Waals surface area contributed by atoms with Gasteiger partial charge in [-0.25, -0.2) is 9.18 Å². The fraction of sp³-hybridized carbons (Fsp3) is 0.385. The molecule has 0 radical (unpaired) electrons. The van der Waals surface area contributed by atoms with Crippen molar-refractivity contribution in [3.63, 3.8) is 0 Å². The summed E-state index contributed by atoms with van der Waals surface area (Å²) >= 11 is 0. The lowest BCUT2D eigenvalue weighted by Crippen LogP contribution is -2.42. The second kappa shape index (κ2) is 5.62. The van der Waals surface area contributed by atoms with Crippen LogP contribution in [0.25, 0.3) is 0 Å². The number of hydrogen-bond donors (Lipinski definition) is 1. The van der Waals surface area contributed by atoms with Crippen LogP contribution in [0.1, 0.15) is 29.3 Å². The number of aryl methyl sites for hydroxylation is 1. The largest absolute Gasteiger partial charge is 0.480 e. The van der Waals surface area contributed by atoms with E-state index >= 15 is 0 Å². The molecule has 18 heavy (non-hydrogen) atoms. The van der Waals surface area contributed by atoms with E-state index in [2.05, 4.69) is 0 Å². The Labute approximate surface area is 105 Å². The SMILES string of the molecule is CCC(C(=O)O)N(C)C(=O)c1cc(C)ccc1F. The van der Waals surface area contributed by atoms with Crippen LogP contribution in [0.3, 0.4) is 0 Å². The third kappa shape index (κ3) is 2.85. The molecule has 0 aromatic heterocycles. The van der Waals surface area contributed by atoms with Gasteiger partial charge in [0.15, 0.2) is 0 Å². The molecule has 1 aromatic rings. The average molecular weight is 253 g/mol. The highest BCUT2D eigenvalue weighted by Crippen LogP contribution is 2.14. The third-order valence-electron chi connectivity index (χ3n) is 2.81. The summed E-state index contributed by atoms with van der Waals surface area (Å²) in [5, 5.41) is 8.98. The molecule has 1 rings (SSSR count). The van der Waals surface area contributed by atoms with Crippen molar-refractivity contribution in [2.24, 2.45) is 0 Å². The minimum atomic E-state index is -1.10. The van der Waals surface area contributed by atoms with E-state index in [0.717, 1.165) is 10.5 Å². The van der Waals surface area contributed by atoms with Gasteiger partial charge in [0, 0.05) is 7.05 Å². The Kier molecular flexibility index (Phi) is 4.42. The Hall–Kier alpha value is -1.91. The highest BCUT2D eigenvalue weighted by atomic mass is 19.1. The Morgan fingerprint density at radius 2 is 2.06 bits per heavy atom. The molecule has 1 atom stereocenters. The van der Waals surface area contributed by atoms with Crippen molar-refractivity contribution in [3.8, 4) is 0 Å². The Morgan fingerprint density at radius 1 is 1.44 bits per heavy atom. The van der Waals surface area contributed by atoms with Crippen molar-refractivity contribution in [1.29, 1.82) is 0 Å². The molecular weight excluding hydrogens is 237 g/mol. The summed E-state index contributed by atoms with van der Waals surface area (Å²) in [4.78, 5) is 24.1. The summed E-state index contributed by atoms with van der Waals surface area (Å²) < 4.78 is 13.6. The van der Waals surface area contributed by atoms with Crippen molar-refractivity contribution < 1.29 is 19.1 Å². The number of hydrogen-bond acceptors (Lipinski definition) is 2. The van der Waals surface area contributed by atoms with E-state index in [1.807, 2.05) is 0 Å². The van der Waals surface area contributed by atoms with Gasteiger partial charge in [0.1, 0.15) is 11.9 Å². The predicted octanol–water partition coefficient (Wildman–Crippen LogP) is 2.07. The summed E-state index contributed by atoms with van der Waals surface area (Å²) in [5.41, 5.74) is 0.647. The van der Waals surface area contributed by atoms with Crippen LogP contribution in [-0.4, -0.2) is 35.0 Å². The van der Waals surface area contributed by atoms with Crippen molar-refractivity contribution in [1.82, 2.24) is 4.90 Å². The molecule has 0 spiro atoms. The zero-order chi connectivity index (χ0) is 13.9. The van der Waals surface area contributed by atoms with Gasteiger partial charge >= 0.3 is 5.97 Å². The summed E-state index contributed by atoms with van der Waals surface area (Å²) in [6, 6.07) is 3.24. The lowest BCUT2D eigenvalue weighted by Gasteiger charge is -2.24. The predicted molar refractivity (Wildman–Crippen MR) is 64.9 cm³/mol. The molecule has 0 saturated carbocycles. The highest BCUT2D eigenvalue weighted by Gasteiger charge is 2.27. The number of carbonyl (C=O) groups is 2. The van der Waals surface area contributed by atoms with Gasteiger partial charge in [0.25, 0.3) is 5.91 Å². The number of halogens is 1. The molecule has 98 valence electrons. The lowest BCUT2D eigenvalue weighted by atomic mass is 10.1. The van der Waals surface area contributed by atoms with E-state index in [-0.39, 0.29) is 12.0 Å². The smallest absolute Gasteiger partial charge is 0.326 e. The molecule has 1 unspecified atom stereocenters. The summed E-state index contributed by atoms with van der Waals surface area (Å²) in [6.45, 7) is 3.40. The molecule has 1 aromatic carbocycles. The standard InChI is InChI=1S/C13H16FNO3/c1-4-11(13(17)18)15(3)12(16)9-7-8(2)5-6-10(9)14/h5-7,11H,4H2,1-3H3,(H,17,18). The Balaban J connectivity index is 3.06. The molecule has 1 amide bonds. The summed E-state index contributed by atoms with van der Waals surface area (Å²) in [7, 11) is 1.37. The molecule has 0 aliphatic heterocycles. The number of benzene rings is 1. The van der Waals surface area contributed by atoms with E-state index in [1.54, 1.807) is 19.9 Å². The van der Waals surface area contributed by atoms with Gasteiger partial charge in [-0.3, -0.25) is 4.79 Å². The number of carboxylic acids is 1. The van der Waals surface area contributed by atoms with Crippen molar-refractivity contribution in [3.05, 3.63) is 35.1 Å². The van der Waals surface area contributed by atoms with Gasteiger partial charge in [-0.05, 0) is 25.5 Å². The molecule has 0 heterocycles. The average Bonchev–Trinajstić information content (AvgIpc) is 2.31. The Morgan fingerprint density at radius 3 is 2.56 bits per heavy atom. The minimum Gasteiger partial charge on any atom is -0.480 e. The van der Waals surface area contributed by atoms with Crippen LogP contribution in [0.5, 0.6) is 0 Å². The van der Waals surface area contributed by atoms with Crippen LogP contribution in [-0.2, 0) is 4.79 Å². The van der Waals surface area contributed by atoms with Crippen LogP contribution in [0.2, 0.25) is 0 Å². The molecule has 0 saturated heterocycles. The van der Waals surface area contributed by atoms with E-state index in [1.165, 1.54) is 19.2 Å². The maximum atomic E-state index is 13.6.